The molecular weight excluding hydrogens is 188 g/mol. The molecule has 0 aromatic heterocycles. The quantitative estimate of drug-likeness (QED) is 0.375. The fourth-order valence-electron chi connectivity index (χ4n) is 0.337. The van der Waals surface area contributed by atoms with Gasteiger partial charge in [-0.05, 0) is 0 Å². The molecule has 0 bridgehead atoms. The fraction of sp³-hybridized carbons (Fsp3) is 0.600. The number of rotatable bonds is 4. The largest absolute Gasteiger partial charge is 0.479 e. The number of esters is 1. The van der Waals surface area contributed by atoms with Gasteiger partial charge < -0.3 is 20.1 Å². The number of carbonyl (C=O) groups is 2. The van der Waals surface area contributed by atoms with Gasteiger partial charge in [-0.25, -0.2) is 9.59 Å². The fourth-order valence-corrected chi connectivity index (χ4v) is 0.905. The van der Waals surface area contributed by atoms with E-state index < -0.39 is 22.8 Å². The summed E-state index contributed by atoms with van der Waals surface area (Å²) in [6.07, 6.45) is 0. The molecule has 12 heavy (non-hydrogen) atoms. The van der Waals surface area contributed by atoms with Gasteiger partial charge in [0.2, 0.25) is 10.9 Å². The predicted molar refractivity (Wildman–Crippen MR) is 39.3 cm³/mol. The summed E-state index contributed by atoms with van der Waals surface area (Å²) in [7, 11) is 1.04. The SMILES string of the molecule is COC(=O)C(O)SC(O)C(=O)O. The summed E-state index contributed by atoms with van der Waals surface area (Å²) >= 11 is 0.177. The van der Waals surface area contributed by atoms with Gasteiger partial charge in [0.05, 0.1) is 7.11 Å². The standard InChI is InChI=1S/C5H8O6S/c1-11-3(8)5(10)12-4(9)2(6)7/h4-5,9-10H,1H3,(H,6,7). The van der Waals surface area contributed by atoms with Gasteiger partial charge in [0, 0.05) is 0 Å². The zero-order valence-electron chi connectivity index (χ0n) is 6.13. The molecule has 70 valence electrons. The van der Waals surface area contributed by atoms with Gasteiger partial charge in [-0.15, -0.1) is 0 Å². The summed E-state index contributed by atoms with van der Waals surface area (Å²) in [6.45, 7) is 0. The molecule has 0 aliphatic rings. The summed E-state index contributed by atoms with van der Waals surface area (Å²) in [5.41, 5.74) is -3.51. The second-order valence-electron chi connectivity index (χ2n) is 1.70. The van der Waals surface area contributed by atoms with E-state index in [1.807, 2.05) is 0 Å². The molecule has 0 radical (unpaired) electrons. The lowest BCUT2D eigenvalue weighted by Gasteiger charge is -2.09. The highest BCUT2D eigenvalue weighted by Crippen LogP contribution is 2.14. The molecule has 3 N–H and O–H groups in total. The van der Waals surface area contributed by atoms with Gasteiger partial charge in [-0.3, -0.25) is 0 Å². The lowest BCUT2D eigenvalue weighted by Crippen LogP contribution is -2.25. The molecule has 0 fully saturated rings. The van der Waals surface area contributed by atoms with Crippen molar-refractivity contribution in [2.24, 2.45) is 0 Å². The second kappa shape index (κ2) is 4.96. The minimum atomic E-state index is -1.83. The summed E-state index contributed by atoms with van der Waals surface area (Å²) in [4.78, 5) is 20.5. The van der Waals surface area contributed by atoms with Crippen LogP contribution in [0.3, 0.4) is 0 Å². The Bertz CT molecular complexity index is 181. The van der Waals surface area contributed by atoms with Gasteiger partial charge in [0.25, 0.3) is 0 Å². The smallest absolute Gasteiger partial charge is 0.345 e. The van der Waals surface area contributed by atoms with E-state index in [0.29, 0.717) is 0 Å². The van der Waals surface area contributed by atoms with Crippen LogP contribution in [0.2, 0.25) is 0 Å². The highest BCUT2D eigenvalue weighted by molar-refractivity contribution is 8.01. The Labute approximate surface area is 72.1 Å². The Hall–Kier alpha value is -0.790. The molecule has 0 heterocycles. The summed E-state index contributed by atoms with van der Waals surface area (Å²) in [6, 6.07) is 0. The molecule has 0 aromatic rings. The number of hydrogen-bond donors (Lipinski definition) is 3. The normalized spacial score (nSPS) is 14.9. The van der Waals surface area contributed by atoms with Crippen LogP contribution in [0.4, 0.5) is 0 Å². The van der Waals surface area contributed by atoms with Crippen LogP contribution < -0.4 is 0 Å². The number of aliphatic carboxylic acids is 1. The van der Waals surface area contributed by atoms with Crippen molar-refractivity contribution in [2.45, 2.75) is 10.9 Å². The lowest BCUT2D eigenvalue weighted by molar-refractivity contribution is -0.145. The maximum absolute atomic E-state index is 10.5. The number of carbonyl (C=O) groups excluding carboxylic acids is 1. The average molecular weight is 196 g/mol. The van der Waals surface area contributed by atoms with Crippen LogP contribution in [-0.4, -0.2) is 45.2 Å². The number of hydrogen-bond acceptors (Lipinski definition) is 6. The van der Waals surface area contributed by atoms with Gasteiger partial charge in [-0.2, -0.15) is 0 Å². The molecule has 6 nitrogen and oxygen atoms in total. The molecule has 7 heteroatoms. The van der Waals surface area contributed by atoms with Crippen molar-refractivity contribution in [3.8, 4) is 0 Å². The molecular formula is C5H8O6S. The molecule has 0 rings (SSSR count). The topological polar surface area (TPSA) is 104 Å². The van der Waals surface area contributed by atoms with E-state index in [1.54, 1.807) is 0 Å². The first-order valence-corrected chi connectivity index (χ1v) is 3.75. The first-order chi connectivity index (χ1) is 5.49. The Kier molecular flexibility index (Phi) is 4.64. The van der Waals surface area contributed by atoms with Crippen LogP contribution in [0.15, 0.2) is 0 Å². The van der Waals surface area contributed by atoms with Gasteiger partial charge >= 0.3 is 11.9 Å². The van der Waals surface area contributed by atoms with Gasteiger partial charge in [-0.1, -0.05) is 11.8 Å². The van der Waals surface area contributed by atoms with Gasteiger partial charge in [0.1, 0.15) is 0 Å². The molecule has 2 atom stereocenters. The van der Waals surface area contributed by atoms with E-state index in [0.717, 1.165) is 7.11 Å². The second-order valence-corrected chi connectivity index (χ2v) is 2.87. The maximum atomic E-state index is 10.5. The van der Waals surface area contributed by atoms with Crippen molar-refractivity contribution < 1.29 is 29.6 Å². The Morgan fingerprint density at radius 2 is 1.83 bits per heavy atom. The zero-order valence-corrected chi connectivity index (χ0v) is 6.95. The molecule has 2 unspecified atom stereocenters. The van der Waals surface area contributed by atoms with E-state index in [4.69, 9.17) is 15.3 Å². The number of ether oxygens (including phenoxy) is 1. The molecule has 0 aliphatic heterocycles. The van der Waals surface area contributed by atoms with Crippen LogP contribution >= 0.6 is 11.8 Å². The molecule has 0 aromatic carbocycles. The maximum Gasteiger partial charge on any atom is 0.345 e. The molecule has 0 saturated heterocycles. The highest BCUT2D eigenvalue weighted by atomic mass is 32.2. The Morgan fingerprint density at radius 3 is 2.17 bits per heavy atom. The van der Waals surface area contributed by atoms with Crippen molar-refractivity contribution in [3.05, 3.63) is 0 Å². The van der Waals surface area contributed by atoms with E-state index in [-0.39, 0.29) is 11.8 Å². The third-order valence-corrected chi connectivity index (χ3v) is 1.78. The number of aliphatic hydroxyl groups excluding tert-OH is 2. The van der Waals surface area contributed by atoms with E-state index in [9.17, 15) is 9.59 Å². The van der Waals surface area contributed by atoms with Crippen molar-refractivity contribution in [1.82, 2.24) is 0 Å². The Balaban J connectivity index is 3.91. The van der Waals surface area contributed by atoms with Crippen LogP contribution in [0.1, 0.15) is 0 Å². The first-order valence-electron chi connectivity index (χ1n) is 2.81. The van der Waals surface area contributed by atoms with E-state index in [2.05, 4.69) is 4.74 Å². The number of aliphatic hydroxyl groups is 2. The van der Waals surface area contributed by atoms with Crippen molar-refractivity contribution in [3.63, 3.8) is 0 Å². The van der Waals surface area contributed by atoms with Crippen molar-refractivity contribution in [2.75, 3.05) is 7.11 Å². The van der Waals surface area contributed by atoms with Crippen LogP contribution in [0.5, 0.6) is 0 Å². The summed E-state index contributed by atoms with van der Waals surface area (Å²) < 4.78 is 4.08. The third-order valence-electron chi connectivity index (χ3n) is 0.872. The minimum Gasteiger partial charge on any atom is -0.479 e. The monoisotopic (exact) mass is 196 g/mol. The average Bonchev–Trinajstić information content (AvgIpc) is 2.02. The van der Waals surface area contributed by atoms with Crippen molar-refractivity contribution in [1.29, 1.82) is 0 Å². The molecule has 0 spiro atoms. The van der Waals surface area contributed by atoms with Gasteiger partial charge in [0.15, 0.2) is 0 Å². The van der Waals surface area contributed by atoms with E-state index in [1.165, 1.54) is 0 Å². The zero-order chi connectivity index (χ0) is 9.72. The predicted octanol–water partition coefficient (Wildman–Crippen LogP) is -1.39. The van der Waals surface area contributed by atoms with Crippen LogP contribution in [0.25, 0.3) is 0 Å². The van der Waals surface area contributed by atoms with Crippen LogP contribution in [-0.2, 0) is 14.3 Å². The molecule has 0 aliphatic carbocycles. The number of carboxylic acid groups (broad SMARTS) is 1. The van der Waals surface area contributed by atoms with Crippen LogP contribution in [0, 0.1) is 0 Å². The number of carboxylic acids is 1. The first kappa shape index (κ1) is 11.2. The lowest BCUT2D eigenvalue weighted by atomic mass is 10.7. The summed E-state index contributed by atoms with van der Waals surface area (Å²) in [5.74, 6) is -2.52. The number of methoxy groups -OCH3 is 1. The number of thioether (sulfide) groups is 1. The summed E-state index contributed by atoms with van der Waals surface area (Å²) in [5, 5.41) is 25.6. The minimum absolute atomic E-state index is 0.177. The Morgan fingerprint density at radius 1 is 1.33 bits per heavy atom. The highest BCUT2D eigenvalue weighted by Gasteiger charge is 2.24. The molecule has 0 amide bonds. The third kappa shape index (κ3) is 3.56. The van der Waals surface area contributed by atoms with Crippen molar-refractivity contribution >= 4 is 23.7 Å². The molecule has 0 saturated carbocycles. The van der Waals surface area contributed by atoms with E-state index >= 15 is 0 Å².